The first kappa shape index (κ1) is 19.8. The van der Waals surface area contributed by atoms with Crippen molar-refractivity contribution in [1.82, 2.24) is 14.9 Å². The average Bonchev–Trinajstić information content (AvgIpc) is 3.44. The molecule has 0 saturated carbocycles. The fraction of sp³-hybridized carbons (Fsp3) is 0.0909. The summed E-state index contributed by atoms with van der Waals surface area (Å²) in [7, 11) is 2.95. The monoisotopic (exact) mass is 448 g/mol. The summed E-state index contributed by atoms with van der Waals surface area (Å²) in [6, 6.07) is 11.1. The normalized spacial score (nSPS) is 11.6. The Kier molecular flexibility index (Phi) is 4.83. The number of aromatic nitrogens is 3. The Morgan fingerprint density at radius 2 is 1.88 bits per heavy atom. The molecule has 0 fully saturated rings. The van der Waals surface area contributed by atoms with Crippen molar-refractivity contribution >= 4 is 40.4 Å². The molecule has 9 nitrogen and oxygen atoms in total. The molecule has 0 radical (unpaired) electrons. The van der Waals surface area contributed by atoms with Gasteiger partial charge < -0.3 is 18.3 Å². The fourth-order valence-electron chi connectivity index (χ4n) is 3.54. The van der Waals surface area contributed by atoms with Crippen molar-refractivity contribution in [1.29, 1.82) is 0 Å². The van der Waals surface area contributed by atoms with E-state index in [1.807, 2.05) is 30.3 Å². The first-order chi connectivity index (χ1) is 15.6. The number of H-pyrrole nitrogens is 1. The molecular weight excluding hydrogens is 432 g/mol. The van der Waals surface area contributed by atoms with Crippen LogP contribution in [-0.2, 0) is 0 Å². The topological polar surface area (TPSA) is 108 Å². The number of aromatic amines is 1. The van der Waals surface area contributed by atoms with Crippen molar-refractivity contribution in [3.63, 3.8) is 0 Å². The number of nitrogens with zero attached hydrogens (tertiary/aromatic N) is 3. The van der Waals surface area contributed by atoms with E-state index >= 15 is 0 Å². The molecule has 32 heavy (non-hydrogen) atoms. The van der Waals surface area contributed by atoms with Crippen LogP contribution in [0, 0.1) is 4.77 Å². The Bertz CT molecular complexity index is 1590. The first-order valence-corrected chi connectivity index (χ1v) is 9.88. The smallest absolute Gasteiger partial charge is 0.216 e. The molecule has 0 atom stereocenters. The Morgan fingerprint density at radius 1 is 1.09 bits per heavy atom. The lowest BCUT2D eigenvalue weighted by Crippen LogP contribution is -2.11. The molecule has 0 amide bonds. The van der Waals surface area contributed by atoms with Gasteiger partial charge in [-0.05, 0) is 18.3 Å². The Morgan fingerprint density at radius 3 is 2.62 bits per heavy atom. The SMILES string of the molecule is COc1c2occc2c(OC)c2c(=O)c(/C=N/n3c(-c4ccccc4)n[nH]c3=S)coc12. The predicted octanol–water partition coefficient (Wildman–Crippen LogP) is 4.36. The zero-order valence-corrected chi connectivity index (χ0v) is 17.8. The van der Waals surface area contributed by atoms with Gasteiger partial charge in [0.15, 0.2) is 17.0 Å². The number of ether oxygens (including phenoxy) is 2. The van der Waals surface area contributed by atoms with E-state index in [1.165, 1.54) is 37.6 Å². The number of furan rings is 1. The van der Waals surface area contributed by atoms with Gasteiger partial charge in [0, 0.05) is 5.56 Å². The molecule has 0 aliphatic carbocycles. The van der Waals surface area contributed by atoms with Gasteiger partial charge in [-0.1, -0.05) is 30.3 Å². The number of methoxy groups -OCH3 is 2. The molecule has 0 unspecified atom stereocenters. The third kappa shape index (κ3) is 3.00. The van der Waals surface area contributed by atoms with E-state index in [2.05, 4.69) is 15.3 Å². The van der Waals surface area contributed by atoms with Gasteiger partial charge in [-0.2, -0.15) is 14.9 Å². The summed E-state index contributed by atoms with van der Waals surface area (Å²) in [6.07, 6.45) is 4.17. The molecule has 1 N–H and O–H groups in total. The van der Waals surface area contributed by atoms with Crippen LogP contribution in [-0.4, -0.2) is 35.3 Å². The van der Waals surface area contributed by atoms with Crippen molar-refractivity contribution < 1.29 is 18.3 Å². The first-order valence-electron chi connectivity index (χ1n) is 9.48. The molecule has 0 spiro atoms. The van der Waals surface area contributed by atoms with E-state index < -0.39 is 0 Å². The van der Waals surface area contributed by atoms with Crippen LogP contribution in [0.15, 0.2) is 67.7 Å². The second-order valence-corrected chi connectivity index (χ2v) is 7.12. The zero-order chi connectivity index (χ0) is 22.2. The number of fused-ring (bicyclic) bond motifs is 2. The summed E-state index contributed by atoms with van der Waals surface area (Å²) in [4.78, 5) is 13.4. The number of benzene rings is 2. The third-order valence-corrected chi connectivity index (χ3v) is 5.24. The summed E-state index contributed by atoms with van der Waals surface area (Å²) < 4.78 is 24.0. The van der Waals surface area contributed by atoms with Crippen molar-refractivity contribution in [2.75, 3.05) is 14.2 Å². The van der Waals surface area contributed by atoms with Gasteiger partial charge in [0.2, 0.25) is 15.9 Å². The van der Waals surface area contributed by atoms with Crippen LogP contribution >= 0.6 is 12.2 Å². The van der Waals surface area contributed by atoms with Crippen LogP contribution in [0.5, 0.6) is 11.5 Å². The lowest BCUT2D eigenvalue weighted by molar-refractivity contribution is 0.400. The van der Waals surface area contributed by atoms with Crippen molar-refractivity contribution in [3.8, 4) is 22.9 Å². The third-order valence-electron chi connectivity index (χ3n) is 4.97. The van der Waals surface area contributed by atoms with E-state index in [0.29, 0.717) is 28.3 Å². The minimum atomic E-state index is -0.343. The van der Waals surface area contributed by atoms with Gasteiger partial charge in [0.05, 0.1) is 37.6 Å². The number of hydrogen-bond donors (Lipinski definition) is 1. The molecule has 3 heterocycles. The van der Waals surface area contributed by atoms with Gasteiger partial charge in [-0.15, -0.1) is 0 Å². The lowest BCUT2D eigenvalue weighted by atomic mass is 10.1. The van der Waals surface area contributed by atoms with E-state index in [4.69, 9.17) is 30.5 Å². The fourth-order valence-corrected chi connectivity index (χ4v) is 3.72. The van der Waals surface area contributed by atoms with E-state index in [-0.39, 0.29) is 26.7 Å². The van der Waals surface area contributed by atoms with Crippen molar-refractivity contribution in [2.45, 2.75) is 0 Å². The molecule has 0 aliphatic heterocycles. The maximum atomic E-state index is 13.4. The molecule has 0 aliphatic rings. The standard InChI is InChI=1S/C22H16N4O5S/c1-28-17-14-8-9-30-18(14)20(29-2)19-15(17)16(27)13(11-31-19)10-23-26-21(24-25-22(26)32)12-6-4-3-5-7-12/h3-11H,1-2H3,(H,25,32)/b23-10+. The van der Waals surface area contributed by atoms with E-state index in [9.17, 15) is 4.79 Å². The highest BCUT2D eigenvalue weighted by molar-refractivity contribution is 7.71. The van der Waals surface area contributed by atoms with E-state index in [1.54, 1.807) is 6.07 Å². The Labute approximate surface area is 185 Å². The highest BCUT2D eigenvalue weighted by Crippen LogP contribution is 2.41. The molecule has 3 aromatic heterocycles. The van der Waals surface area contributed by atoms with Gasteiger partial charge in [0.1, 0.15) is 17.4 Å². The number of nitrogens with one attached hydrogen (secondary N) is 1. The number of rotatable bonds is 5. The quantitative estimate of drug-likeness (QED) is 0.314. The Balaban J connectivity index is 1.69. The second-order valence-electron chi connectivity index (χ2n) is 6.73. The summed E-state index contributed by atoms with van der Waals surface area (Å²) >= 11 is 5.30. The second kappa shape index (κ2) is 7.82. The van der Waals surface area contributed by atoms with Crippen molar-refractivity contribution in [2.24, 2.45) is 5.10 Å². The summed E-state index contributed by atoms with van der Waals surface area (Å²) in [5.41, 5.74) is 1.32. The molecule has 10 heteroatoms. The van der Waals surface area contributed by atoms with Crippen LogP contribution in [0.1, 0.15) is 5.56 Å². The maximum absolute atomic E-state index is 13.4. The Hall–Kier alpha value is -4.18. The molecule has 0 saturated heterocycles. The molecular formula is C22H16N4O5S. The summed E-state index contributed by atoms with van der Waals surface area (Å²) in [5.74, 6) is 1.15. The largest absolute Gasteiger partial charge is 0.495 e. The zero-order valence-electron chi connectivity index (χ0n) is 17.0. The minimum Gasteiger partial charge on any atom is -0.495 e. The van der Waals surface area contributed by atoms with Gasteiger partial charge in [-0.3, -0.25) is 4.79 Å². The summed E-state index contributed by atoms with van der Waals surface area (Å²) in [5, 5.41) is 12.1. The van der Waals surface area contributed by atoms with Crippen LogP contribution in [0.4, 0.5) is 0 Å². The summed E-state index contributed by atoms with van der Waals surface area (Å²) in [6.45, 7) is 0. The molecule has 5 rings (SSSR count). The highest BCUT2D eigenvalue weighted by Gasteiger charge is 2.23. The van der Waals surface area contributed by atoms with Crippen LogP contribution in [0.25, 0.3) is 33.3 Å². The average molecular weight is 448 g/mol. The van der Waals surface area contributed by atoms with E-state index in [0.717, 1.165) is 5.56 Å². The maximum Gasteiger partial charge on any atom is 0.216 e. The lowest BCUT2D eigenvalue weighted by Gasteiger charge is -2.10. The molecule has 160 valence electrons. The van der Waals surface area contributed by atoms with Crippen LogP contribution < -0.4 is 14.9 Å². The minimum absolute atomic E-state index is 0.197. The van der Waals surface area contributed by atoms with Gasteiger partial charge >= 0.3 is 0 Å². The predicted molar refractivity (Wildman–Crippen MR) is 121 cm³/mol. The van der Waals surface area contributed by atoms with Gasteiger partial charge in [-0.25, -0.2) is 5.10 Å². The van der Waals surface area contributed by atoms with Gasteiger partial charge in [0.25, 0.3) is 0 Å². The van der Waals surface area contributed by atoms with Crippen LogP contribution in [0.2, 0.25) is 0 Å². The highest BCUT2D eigenvalue weighted by atomic mass is 32.1. The number of hydrogen-bond acceptors (Lipinski definition) is 8. The van der Waals surface area contributed by atoms with Crippen molar-refractivity contribution in [3.05, 3.63) is 69.5 Å². The van der Waals surface area contributed by atoms with Crippen LogP contribution in [0.3, 0.4) is 0 Å². The molecule has 2 aromatic carbocycles. The molecule has 0 bridgehead atoms. The molecule has 5 aromatic rings.